The van der Waals surface area contributed by atoms with Crippen molar-refractivity contribution in [1.29, 1.82) is 0 Å². The minimum Gasteiger partial charge on any atom is -0.396 e. The Morgan fingerprint density at radius 2 is 2.15 bits per heavy atom. The van der Waals surface area contributed by atoms with Gasteiger partial charge >= 0.3 is 0 Å². The molecule has 2 heterocycles. The first-order chi connectivity index (χ1) is 9.58. The second-order valence-electron chi connectivity index (χ2n) is 5.64. The van der Waals surface area contributed by atoms with E-state index in [-0.39, 0.29) is 5.91 Å². The van der Waals surface area contributed by atoms with Crippen molar-refractivity contribution in [2.45, 2.75) is 32.7 Å². The van der Waals surface area contributed by atoms with Gasteiger partial charge in [-0.1, -0.05) is 13.8 Å². The molecule has 2 aromatic rings. The van der Waals surface area contributed by atoms with Gasteiger partial charge in [-0.15, -0.1) is 11.3 Å². The molecule has 0 aliphatic heterocycles. The van der Waals surface area contributed by atoms with Crippen molar-refractivity contribution < 1.29 is 4.79 Å². The molecule has 1 fully saturated rings. The molecule has 1 aliphatic rings. The van der Waals surface area contributed by atoms with Crippen molar-refractivity contribution in [3.8, 4) is 0 Å². The highest BCUT2D eigenvalue weighted by Gasteiger charge is 2.35. The topological polar surface area (TPSA) is 72.1 Å². The molecule has 0 saturated heterocycles. The van der Waals surface area contributed by atoms with Gasteiger partial charge < -0.3 is 10.6 Å². The van der Waals surface area contributed by atoms with Crippen LogP contribution in [0.5, 0.6) is 0 Å². The quantitative estimate of drug-likeness (QED) is 0.939. The fraction of sp³-hybridized carbons (Fsp3) is 0.500. The summed E-state index contributed by atoms with van der Waals surface area (Å²) >= 11 is 1.34. The standard InChI is InChI=1S/C14H18N4OS/c1-8(2)7-18(9-3-4-9)14(19)12-10(15)11-13(20-12)17-6-5-16-11/h5-6,8-9H,3-4,7,15H2,1-2H3. The third-order valence-electron chi connectivity index (χ3n) is 3.37. The zero-order chi connectivity index (χ0) is 14.3. The molecular weight excluding hydrogens is 272 g/mol. The first-order valence-electron chi connectivity index (χ1n) is 6.88. The van der Waals surface area contributed by atoms with Gasteiger partial charge in [0.2, 0.25) is 0 Å². The predicted octanol–water partition coefficient (Wildman–Crippen LogP) is 2.53. The Morgan fingerprint density at radius 3 is 2.75 bits per heavy atom. The fourth-order valence-electron chi connectivity index (χ4n) is 2.31. The number of aromatic nitrogens is 2. The van der Waals surface area contributed by atoms with Crippen LogP contribution in [0.1, 0.15) is 36.4 Å². The molecule has 0 atom stereocenters. The van der Waals surface area contributed by atoms with Crippen LogP contribution >= 0.6 is 11.3 Å². The Labute approximate surface area is 121 Å². The second kappa shape index (κ2) is 5.01. The van der Waals surface area contributed by atoms with Gasteiger partial charge in [0.15, 0.2) is 0 Å². The number of anilines is 1. The molecule has 1 saturated carbocycles. The predicted molar refractivity (Wildman–Crippen MR) is 80.7 cm³/mol. The number of nitrogens with zero attached hydrogens (tertiary/aromatic N) is 3. The highest BCUT2D eigenvalue weighted by molar-refractivity contribution is 7.21. The lowest BCUT2D eigenvalue weighted by Gasteiger charge is -2.24. The maximum Gasteiger partial charge on any atom is 0.266 e. The van der Waals surface area contributed by atoms with Gasteiger partial charge in [-0.05, 0) is 18.8 Å². The zero-order valence-electron chi connectivity index (χ0n) is 11.7. The molecule has 0 spiro atoms. The Morgan fingerprint density at radius 1 is 1.45 bits per heavy atom. The van der Waals surface area contributed by atoms with E-state index in [0.717, 1.165) is 24.2 Å². The third kappa shape index (κ3) is 2.35. The molecular formula is C14H18N4OS. The van der Waals surface area contributed by atoms with Crippen molar-refractivity contribution in [3.05, 3.63) is 17.3 Å². The highest BCUT2D eigenvalue weighted by atomic mass is 32.1. The Bertz CT molecular complexity index is 648. The van der Waals surface area contributed by atoms with E-state index in [0.29, 0.717) is 28.0 Å². The summed E-state index contributed by atoms with van der Waals surface area (Å²) in [6, 6.07) is 0.385. The van der Waals surface area contributed by atoms with Crippen molar-refractivity contribution in [3.63, 3.8) is 0 Å². The normalized spacial score (nSPS) is 14.9. The molecule has 5 nitrogen and oxygen atoms in total. The van der Waals surface area contributed by atoms with E-state index in [9.17, 15) is 4.79 Å². The zero-order valence-corrected chi connectivity index (χ0v) is 12.5. The van der Waals surface area contributed by atoms with Crippen molar-refractivity contribution >= 4 is 33.3 Å². The molecule has 20 heavy (non-hydrogen) atoms. The van der Waals surface area contributed by atoms with Crippen LogP contribution < -0.4 is 5.73 Å². The van der Waals surface area contributed by atoms with Crippen LogP contribution in [0.2, 0.25) is 0 Å². The minimum absolute atomic E-state index is 0.0310. The van der Waals surface area contributed by atoms with E-state index >= 15 is 0 Å². The lowest BCUT2D eigenvalue weighted by atomic mass is 10.2. The largest absolute Gasteiger partial charge is 0.396 e. The Kier molecular flexibility index (Phi) is 3.33. The number of fused-ring (bicyclic) bond motifs is 1. The molecule has 0 radical (unpaired) electrons. The van der Waals surface area contributed by atoms with Crippen LogP contribution in [0.15, 0.2) is 12.4 Å². The number of hydrogen-bond acceptors (Lipinski definition) is 5. The van der Waals surface area contributed by atoms with Gasteiger partial charge in [-0.3, -0.25) is 4.79 Å². The van der Waals surface area contributed by atoms with Crippen LogP contribution in [0.4, 0.5) is 5.69 Å². The van der Waals surface area contributed by atoms with Gasteiger partial charge in [0, 0.05) is 25.0 Å². The number of hydrogen-bond donors (Lipinski definition) is 1. The summed E-state index contributed by atoms with van der Waals surface area (Å²) in [5.41, 5.74) is 7.20. The van der Waals surface area contributed by atoms with E-state index in [1.54, 1.807) is 12.4 Å². The van der Waals surface area contributed by atoms with Crippen LogP contribution in [0.3, 0.4) is 0 Å². The second-order valence-corrected chi connectivity index (χ2v) is 6.64. The monoisotopic (exact) mass is 290 g/mol. The summed E-state index contributed by atoms with van der Waals surface area (Å²) in [6.07, 6.45) is 5.42. The third-order valence-corrected chi connectivity index (χ3v) is 4.46. The average Bonchev–Trinajstić information content (AvgIpc) is 3.20. The lowest BCUT2D eigenvalue weighted by molar-refractivity contribution is 0.0728. The summed E-state index contributed by atoms with van der Waals surface area (Å²) in [5, 5.41) is 0. The highest BCUT2D eigenvalue weighted by Crippen LogP contribution is 2.35. The average molecular weight is 290 g/mol. The maximum atomic E-state index is 12.8. The van der Waals surface area contributed by atoms with Gasteiger partial charge in [-0.2, -0.15) is 0 Å². The van der Waals surface area contributed by atoms with Crippen LogP contribution in [-0.2, 0) is 0 Å². The molecule has 2 N–H and O–H groups in total. The van der Waals surface area contributed by atoms with Crippen LogP contribution in [0.25, 0.3) is 10.3 Å². The molecule has 3 rings (SSSR count). The summed E-state index contributed by atoms with van der Waals surface area (Å²) < 4.78 is 0. The molecule has 2 aromatic heterocycles. The van der Waals surface area contributed by atoms with Gasteiger partial charge in [0.05, 0.1) is 5.69 Å². The summed E-state index contributed by atoms with van der Waals surface area (Å²) in [6.45, 7) is 5.03. The first-order valence-corrected chi connectivity index (χ1v) is 7.69. The van der Waals surface area contributed by atoms with Crippen molar-refractivity contribution in [2.24, 2.45) is 5.92 Å². The SMILES string of the molecule is CC(C)CN(C(=O)c1sc2nccnc2c1N)C1CC1. The minimum atomic E-state index is 0.0310. The smallest absolute Gasteiger partial charge is 0.266 e. The number of rotatable bonds is 4. The molecule has 0 bridgehead atoms. The van der Waals surface area contributed by atoms with E-state index in [4.69, 9.17) is 5.73 Å². The lowest BCUT2D eigenvalue weighted by Crippen LogP contribution is -2.36. The number of amides is 1. The summed E-state index contributed by atoms with van der Waals surface area (Å²) in [5.74, 6) is 0.481. The van der Waals surface area contributed by atoms with Gasteiger partial charge in [-0.25, -0.2) is 9.97 Å². The van der Waals surface area contributed by atoms with Gasteiger partial charge in [0.25, 0.3) is 5.91 Å². The number of thiophene rings is 1. The Hall–Kier alpha value is -1.69. The molecule has 1 aliphatic carbocycles. The first kappa shape index (κ1) is 13.3. The molecule has 106 valence electrons. The molecule has 0 unspecified atom stereocenters. The van der Waals surface area contributed by atoms with E-state index in [2.05, 4.69) is 23.8 Å². The molecule has 0 aromatic carbocycles. The van der Waals surface area contributed by atoms with Crippen LogP contribution in [-0.4, -0.2) is 33.4 Å². The number of carbonyl (C=O) groups is 1. The molecule has 6 heteroatoms. The Balaban J connectivity index is 1.96. The number of nitrogen functional groups attached to an aromatic ring is 1. The van der Waals surface area contributed by atoms with Crippen molar-refractivity contribution in [2.75, 3.05) is 12.3 Å². The number of carbonyl (C=O) groups excluding carboxylic acids is 1. The fourth-order valence-corrected chi connectivity index (χ4v) is 3.29. The van der Waals surface area contributed by atoms with E-state index in [1.807, 2.05) is 4.90 Å². The summed E-state index contributed by atoms with van der Waals surface area (Å²) in [7, 11) is 0. The van der Waals surface area contributed by atoms with E-state index in [1.165, 1.54) is 11.3 Å². The van der Waals surface area contributed by atoms with E-state index < -0.39 is 0 Å². The van der Waals surface area contributed by atoms with Crippen molar-refractivity contribution in [1.82, 2.24) is 14.9 Å². The summed E-state index contributed by atoms with van der Waals surface area (Å²) in [4.78, 5) is 24.5. The van der Waals surface area contributed by atoms with Crippen LogP contribution in [0, 0.1) is 5.92 Å². The molecule has 1 amide bonds. The van der Waals surface area contributed by atoms with Gasteiger partial charge in [0.1, 0.15) is 15.2 Å². The number of nitrogens with two attached hydrogens (primary N) is 1. The maximum absolute atomic E-state index is 12.8.